The number of carbonyl (C=O) groups is 2. The third-order valence-corrected chi connectivity index (χ3v) is 8.33. The van der Waals surface area contributed by atoms with Gasteiger partial charge in [0.2, 0.25) is 5.76 Å². The van der Waals surface area contributed by atoms with Crippen molar-refractivity contribution in [3.8, 4) is 0 Å². The van der Waals surface area contributed by atoms with Crippen molar-refractivity contribution >= 4 is 11.8 Å². The van der Waals surface area contributed by atoms with Crippen molar-refractivity contribution in [2.24, 2.45) is 17.8 Å². The lowest BCUT2D eigenvalue weighted by molar-refractivity contribution is -0.170. The summed E-state index contributed by atoms with van der Waals surface area (Å²) in [7, 11) is 0. The van der Waals surface area contributed by atoms with Gasteiger partial charge in [0, 0.05) is 31.6 Å². The van der Waals surface area contributed by atoms with Crippen LogP contribution in [-0.2, 0) is 28.5 Å². The molecule has 2 saturated heterocycles. The molecule has 39 heavy (non-hydrogen) atoms. The number of carbonyl (C=O) groups excluding carboxylic acids is 1. The van der Waals surface area contributed by atoms with Crippen molar-refractivity contribution in [3.05, 3.63) is 23.7 Å². The van der Waals surface area contributed by atoms with Crippen LogP contribution in [0.5, 0.6) is 0 Å². The van der Waals surface area contributed by atoms with Crippen molar-refractivity contribution < 1.29 is 33.6 Å². The van der Waals surface area contributed by atoms with Gasteiger partial charge < -0.3 is 24.1 Å². The molecule has 0 amide bonds. The van der Waals surface area contributed by atoms with E-state index < -0.39 is 18.5 Å². The van der Waals surface area contributed by atoms with Crippen LogP contribution in [0.2, 0.25) is 0 Å². The van der Waals surface area contributed by atoms with Gasteiger partial charge in [0.05, 0.1) is 13.2 Å². The molecule has 0 aromatic heterocycles. The number of carboxylic acids is 1. The smallest absolute Gasteiger partial charge is 0.374 e. The summed E-state index contributed by atoms with van der Waals surface area (Å²) in [6.07, 6.45) is 19.4. The van der Waals surface area contributed by atoms with Crippen molar-refractivity contribution in [2.75, 3.05) is 13.2 Å². The van der Waals surface area contributed by atoms with Gasteiger partial charge in [-0.3, -0.25) is 4.79 Å². The van der Waals surface area contributed by atoms with E-state index in [2.05, 4.69) is 26.0 Å². The van der Waals surface area contributed by atoms with Gasteiger partial charge in [0.25, 0.3) is 0 Å². The van der Waals surface area contributed by atoms with Crippen LogP contribution in [0.1, 0.15) is 123 Å². The van der Waals surface area contributed by atoms with Crippen LogP contribution in [0.4, 0.5) is 0 Å². The minimum Gasteiger partial charge on any atom is -0.475 e. The number of Topliss-reactive ketones (excluding diaryl/α,β-unsaturated/α-hetero) is 1. The monoisotopic (exact) mass is 548 g/mol. The predicted molar refractivity (Wildman–Crippen MR) is 151 cm³/mol. The van der Waals surface area contributed by atoms with Crippen molar-refractivity contribution in [3.63, 3.8) is 0 Å². The zero-order chi connectivity index (χ0) is 27.9. The molecule has 2 unspecified atom stereocenters. The van der Waals surface area contributed by atoms with Crippen molar-refractivity contribution in [1.82, 2.24) is 0 Å². The summed E-state index contributed by atoms with van der Waals surface area (Å²) in [5.74, 6) is 0.537. The van der Waals surface area contributed by atoms with Crippen LogP contribution in [0.25, 0.3) is 0 Å². The molecule has 222 valence electrons. The number of carboxylic acid groups (broad SMARTS) is 1. The average Bonchev–Trinajstić information content (AvgIpc) is 3.30. The van der Waals surface area contributed by atoms with Crippen LogP contribution in [0.3, 0.4) is 0 Å². The van der Waals surface area contributed by atoms with E-state index in [4.69, 9.17) is 18.9 Å². The lowest BCUT2D eigenvalue weighted by atomic mass is 9.89. The molecule has 0 aromatic carbocycles. The number of hydrogen-bond donors (Lipinski definition) is 1. The first-order chi connectivity index (χ1) is 19.0. The molecule has 5 atom stereocenters. The van der Waals surface area contributed by atoms with E-state index in [1.165, 1.54) is 25.7 Å². The molecule has 2 heterocycles. The highest BCUT2D eigenvalue weighted by molar-refractivity contribution is 5.85. The van der Waals surface area contributed by atoms with E-state index in [0.717, 1.165) is 70.1 Å². The van der Waals surface area contributed by atoms with Gasteiger partial charge in [-0.25, -0.2) is 4.79 Å². The Hall–Kier alpha value is -1.86. The van der Waals surface area contributed by atoms with Crippen LogP contribution >= 0.6 is 0 Å². The number of ether oxygens (including phenoxy) is 4. The Morgan fingerprint density at radius 2 is 1.72 bits per heavy atom. The highest BCUT2D eigenvalue weighted by Crippen LogP contribution is 2.35. The third kappa shape index (κ3) is 11.3. The summed E-state index contributed by atoms with van der Waals surface area (Å²) < 4.78 is 23.3. The maximum atomic E-state index is 12.7. The van der Waals surface area contributed by atoms with Gasteiger partial charge in [-0.05, 0) is 69.6 Å². The SMILES string of the molecule is CCCC[C@H](C)CC/C=C/[C@H]1CCC(=O)[C@@H]1CCCC/C(OC1CCCCO1)=C(\OC1CCCCO1)C(=O)O. The second-order valence-corrected chi connectivity index (χ2v) is 11.7. The minimum atomic E-state index is -1.14. The molecule has 3 rings (SSSR count). The molecule has 1 saturated carbocycles. The molecule has 7 heteroatoms. The van der Waals surface area contributed by atoms with Crippen molar-refractivity contribution in [2.45, 2.75) is 136 Å². The van der Waals surface area contributed by atoms with E-state index >= 15 is 0 Å². The van der Waals surface area contributed by atoms with E-state index in [1.54, 1.807) is 0 Å². The standard InChI is InChI=1S/C32H52O7/c1-3-4-13-24(2)14-5-6-15-25-20-21-27(33)26(25)16-7-8-17-28(38-29-18-9-11-22-36-29)31(32(34)35)39-30-19-10-12-23-37-30/h6,15,24-26,29-30H,3-5,7-14,16-23H2,1-2H3,(H,34,35)/b15-6+,31-28+/t24-,25-,26+,29?,30?/m0/s1. The maximum absolute atomic E-state index is 12.7. The highest BCUT2D eigenvalue weighted by Gasteiger charge is 2.32. The largest absolute Gasteiger partial charge is 0.475 e. The van der Waals surface area contributed by atoms with Gasteiger partial charge in [-0.2, -0.15) is 0 Å². The van der Waals surface area contributed by atoms with Gasteiger partial charge in [-0.1, -0.05) is 51.7 Å². The zero-order valence-electron chi connectivity index (χ0n) is 24.4. The summed E-state index contributed by atoms with van der Waals surface area (Å²) >= 11 is 0. The number of ketones is 1. The highest BCUT2D eigenvalue weighted by atomic mass is 16.7. The topological polar surface area (TPSA) is 91.3 Å². The second kappa shape index (κ2) is 17.8. The first kappa shape index (κ1) is 31.7. The van der Waals surface area contributed by atoms with Crippen molar-refractivity contribution in [1.29, 1.82) is 0 Å². The zero-order valence-corrected chi connectivity index (χ0v) is 24.4. The predicted octanol–water partition coefficient (Wildman–Crippen LogP) is 7.69. The Morgan fingerprint density at radius 1 is 1.00 bits per heavy atom. The molecule has 0 aromatic rings. The lowest BCUT2D eigenvalue weighted by Crippen LogP contribution is -2.27. The molecular formula is C32H52O7. The Bertz CT molecular complexity index is 792. The maximum Gasteiger partial charge on any atom is 0.374 e. The minimum absolute atomic E-state index is 0.0691. The van der Waals surface area contributed by atoms with Gasteiger partial charge >= 0.3 is 5.97 Å². The van der Waals surface area contributed by atoms with Crippen LogP contribution in [-0.4, -0.2) is 42.7 Å². The molecule has 0 bridgehead atoms. The van der Waals surface area contributed by atoms with E-state index in [9.17, 15) is 14.7 Å². The normalized spacial score (nSPS) is 27.4. The molecule has 1 N–H and O–H groups in total. The molecular weight excluding hydrogens is 496 g/mol. The van der Waals surface area contributed by atoms with Gasteiger partial charge in [0.15, 0.2) is 12.6 Å². The Kier molecular flexibility index (Phi) is 14.4. The third-order valence-electron chi connectivity index (χ3n) is 8.33. The number of aliphatic carboxylic acids is 1. The Morgan fingerprint density at radius 3 is 2.36 bits per heavy atom. The van der Waals surface area contributed by atoms with E-state index in [-0.39, 0.29) is 11.7 Å². The summed E-state index contributed by atoms with van der Waals surface area (Å²) in [5.41, 5.74) is 0. The first-order valence-electron chi connectivity index (χ1n) is 15.7. The molecule has 7 nitrogen and oxygen atoms in total. The lowest BCUT2D eigenvalue weighted by Gasteiger charge is -2.28. The quantitative estimate of drug-likeness (QED) is 0.0862. The van der Waals surface area contributed by atoms with Crippen LogP contribution < -0.4 is 0 Å². The first-order valence-corrected chi connectivity index (χ1v) is 15.7. The van der Waals surface area contributed by atoms with Crippen LogP contribution in [0.15, 0.2) is 23.7 Å². The van der Waals surface area contributed by atoms with Gasteiger partial charge in [-0.15, -0.1) is 0 Å². The van der Waals surface area contributed by atoms with Gasteiger partial charge in [0.1, 0.15) is 11.5 Å². The summed E-state index contributed by atoms with van der Waals surface area (Å²) in [6.45, 7) is 5.76. The number of hydrogen-bond acceptors (Lipinski definition) is 6. The van der Waals surface area contributed by atoms with E-state index in [0.29, 0.717) is 49.9 Å². The molecule has 2 aliphatic heterocycles. The van der Waals surface area contributed by atoms with Crippen LogP contribution in [0, 0.1) is 17.8 Å². The number of rotatable bonds is 17. The Balaban J connectivity index is 1.54. The molecule has 0 spiro atoms. The summed E-state index contributed by atoms with van der Waals surface area (Å²) in [5, 5.41) is 9.97. The molecule has 3 aliphatic rings. The fourth-order valence-electron chi connectivity index (χ4n) is 5.90. The fourth-order valence-corrected chi connectivity index (χ4v) is 5.90. The number of allylic oxidation sites excluding steroid dienone is 3. The van der Waals surface area contributed by atoms with E-state index in [1.807, 2.05) is 0 Å². The molecule has 3 fully saturated rings. The summed E-state index contributed by atoms with van der Waals surface area (Å²) in [6, 6.07) is 0. The summed E-state index contributed by atoms with van der Waals surface area (Å²) in [4.78, 5) is 24.8. The second-order valence-electron chi connectivity index (χ2n) is 11.7. The molecule has 0 radical (unpaired) electrons. The Labute approximate surface area is 235 Å². The fraction of sp³-hybridized carbons (Fsp3) is 0.812. The average molecular weight is 549 g/mol. The molecule has 1 aliphatic carbocycles. The number of unbranched alkanes of at least 4 members (excludes halogenated alkanes) is 2.